The molecule has 0 aliphatic carbocycles. The molecule has 3 aliphatic heterocycles. The number of hydrogen-bond acceptors (Lipinski definition) is 6. The minimum absolute atomic E-state index is 0. The fourth-order valence-electron chi connectivity index (χ4n) is 4.21. The number of anilines is 1. The summed E-state index contributed by atoms with van der Waals surface area (Å²) in [7, 11) is 0. The van der Waals surface area contributed by atoms with E-state index in [-0.39, 0.29) is 30.3 Å². The molecule has 3 fully saturated rings. The molecule has 8 nitrogen and oxygen atoms in total. The number of nitrogens with zero attached hydrogens (tertiary/aromatic N) is 2. The highest BCUT2D eigenvalue weighted by molar-refractivity contribution is 5.92. The van der Waals surface area contributed by atoms with Crippen LogP contribution in [0.15, 0.2) is 30.3 Å². The minimum Gasteiger partial charge on any atom is -0.339 e. The van der Waals surface area contributed by atoms with Crippen molar-refractivity contribution in [3.8, 4) is 0 Å². The monoisotopic (exact) mass is 408 g/mol. The van der Waals surface area contributed by atoms with Crippen LogP contribution in [0.5, 0.6) is 0 Å². The Labute approximate surface area is 171 Å². The number of piperazine rings is 1. The topological polar surface area (TPSA) is 88.7 Å². The molecule has 9 heteroatoms. The Balaban J connectivity index is 0.00000225. The van der Waals surface area contributed by atoms with E-state index in [0.29, 0.717) is 31.6 Å². The van der Waals surface area contributed by atoms with Crippen molar-refractivity contribution in [1.29, 1.82) is 0 Å². The van der Waals surface area contributed by atoms with E-state index >= 15 is 0 Å². The van der Waals surface area contributed by atoms with Crippen LogP contribution in [0.25, 0.3) is 0 Å². The van der Waals surface area contributed by atoms with Crippen LogP contribution in [0.3, 0.4) is 0 Å². The van der Waals surface area contributed by atoms with Crippen LogP contribution < -0.4 is 21.5 Å². The Morgan fingerprint density at radius 1 is 1.07 bits per heavy atom. The molecule has 1 aromatic carbocycles. The number of piperidine rings is 1. The van der Waals surface area contributed by atoms with E-state index in [1.165, 1.54) is 0 Å². The predicted molar refractivity (Wildman–Crippen MR) is 110 cm³/mol. The molecule has 0 bridgehead atoms. The highest BCUT2D eigenvalue weighted by Crippen LogP contribution is 2.22. The van der Waals surface area contributed by atoms with E-state index in [2.05, 4.69) is 26.4 Å². The summed E-state index contributed by atoms with van der Waals surface area (Å²) in [5, 5.41) is 6.30. The molecule has 0 radical (unpaired) electrons. The predicted octanol–water partition coefficient (Wildman–Crippen LogP) is -0.354. The van der Waals surface area contributed by atoms with Gasteiger partial charge in [-0.3, -0.25) is 19.9 Å². The number of carbonyl (C=O) groups is 2. The number of hydrogen-bond donors (Lipinski definition) is 4. The zero-order valence-corrected chi connectivity index (χ0v) is 16.7. The number of nitrogens with one attached hydrogen (secondary N) is 4. The summed E-state index contributed by atoms with van der Waals surface area (Å²) >= 11 is 0. The Morgan fingerprint density at radius 3 is 2.57 bits per heavy atom. The van der Waals surface area contributed by atoms with Crippen molar-refractivity contribution in [3.63, 3.8) is 0 Å². The van der Waals surface area contributed by atoms with Gasteiger partial charge in [0, 0.05) is 50.4 Å². The normalized spacial score (nSPS) is 27.6. The van der Waals surface area contributed by atoms with Gasteiger partial charge in [-0.1, -0.05) is 18.2 Å². The SMILES string of the molecule is Cl.O=C(CN1CCN(C(=O)C2NNC3CCNCC32)CC1)Nc1ccccc1. The second kappa shape index (κ2) is 9.67. The first-order chi connectivity index (χ1) is 13.2. The average Bonchev–Trinajstić information content (AvgIpc) is 3.13. The third-order valence-corrected chi connectivity index (χ3v) is 5.76. The molecule has 3 aliphatic rings. The first-order valence-electron chi connectivity index (χ1n) is 9.78. The molecule has 0 aromatic heterocycles. The van der Waals surface area contributed by atoms with Crippen LogP contribution in [0.1, 0.15) is 6.42 Å². The fraction of sp³-hybridized carbons (Fsp3) is 0.579. The van der Waals surface area contributed by atoms with Crippen LogP contribution >= 0.6 is 12.4 Å². The van der Waals surface area contributed by atoms with Crippen molar-refractivity contribution in [2.24, 2.45) is 5.92 Å². The zero-order chi connectivity index (χ0) is 18.6. The summed E-state index contributed by atoms with van der Waals surface area (Å²) in [5.41, 5.74) is 7.31. The lowest BCUT2D eigenvalue weighted by Gasteiger charge is -2.37. The maximum Gasteiger partial charge on any atom is 0.241 e. The first-order valence-corrected chi connectivity index (χ1v) is 9.78. The minimum atomic E-state index is -0.157. The molecule has 3 heterocycles. The lowest BCUT2D eigenvalue weighted by Crippen LogP contribution is -2.56. The molecule has 0 saturated carbocycles. The van der Waals surface area contributed by atoms with Gasteiger partial charge in [0.15, 0.2) is 0 Å². The lowest BCUT2D eigenvalue weighted by molar-refractivity contribution is -0.136. The Morgan fingerprint density at radius 2 is 1.82 bits per heavy atom. The van der Waals surface area contributed by atoms with Gasteiger partial charge < -0.3 is 15.5 Å². The summed E-state index contributed by atoms with van der Waals surface area (Å²) < 4.78 is 0. The number of carbonyl (C=O) groups excluding carboxylic acids is 2. The summed E-state index contributed by atoms with van der Waals surface area (Å²) in [6.07, 6.45) is 1.05. The number of amides is 2. The van der Waals surface area contributed by atoms with Gasteiger partial charge in [0.1, 0.15) is 6.04 Å². The second-order valence-electron chi connectivity index (χ2n) is 7.55. The maximum absolute atomic E-state index is 12.9. The van der Waals surface area contributed by atoms with Crippen LogP contribution in [0, 0.1) is 5.92 Å². The number of benzene rings is 1. The number of fused-ring (bicyclic) bond motifs is 1. The molecule has 2 amide bonds. The van der Waals surface area contributed by atoms with Crippen LogP contribution in [-0.4, -0.2) is 79.5 Å². The second-order valence-corrected chi connectivity index (χ2v) is 7.55. The molecule has 4 N–H and O–H groups in total. The van der Waals surface area contributed by atoms with Gasteiger partial charge in [-0.15, -0.1) is 12.4 Å². The van der Waals surface area contributed by atoms with E-state index < -0.39 is 0 Å². The van der Waals surface area contributed by atoms with Crippen molar-refractivity contribution >= 4 is 29.9 Å². The zero-order valence-electron chi connectivity index (χ0n) is 15.9. The summed E-state index contributed by atoms with van der Waals surface area (Å²) in [5.74, 6) is 0.465. The van der Waals surface area contributed by atoms with Gasteiger partial charge in [0.25, 0.3) is 0 Å². The molecule has 3 unspecified atom stereocenters. The molecular formula is C19H29ClN6O2. The van der Waals surface area contributed by atoms with Gasteiger partial charge in [0.05, 0.1) is 6.54 Å². The van der Waals surface area contributed by atoms with E-state index in [1.807, 2.05) is 35.2 Å². The highest BCUT2D eigenvalue weighted by atomic mass is 35.5. The molecule has 3 atom stereocenters. The molecule has 4 rings (SSSR count). The van der Waals surface area contributed by atoms with Gasteiger partial charge in [-0.05, 0) is 25.1 Å². The Hall–Kier alpha value is -1.71. The Kier molecular flexibility index (Phi) is 7.25. The van der Waals surface area contributed by atoms with E-state index in [0.717, 1.165) is 38.3 Å². The standard InChI is InChI=1S/C19H28N6O2.ClH/c26-17(21-14-4-2-1-3-5-14)13-24-8-10-25(11-9-24)19(27)18-15-12-20-7-6-16(15)22-23-18;/h1-5,15-16,18,20,22-23H,6-13H2,(H,21,26);1H. The van der Waals surface area contributed by atoms with Crippen molar-refractivity contribution in [1.82, 2.24) is 26.0 Å². The van der Waals surface area contributed by atoms with Crippen molar-refractivity contribution in [2.75, 3.05) is 51.1 Å². The Bertz CT molecular complexity index is 668. The van der Waals surface area contributed by atoms with Gasteiger partial charge in [-0.2, -0.15) is 0 Å². The van der Waals surface area contributed by atoms with Gasteiger partial charge in [-0.25, -0.2) is 5.43 Å². The summed E-state index contributed by atoms with van der Waals surface area (Å²) in [6, 6.07) is 9.71. The number of halogens is 1. The van der Waals surface area contributed by atoms with Crippen molar-refractivity contribution < 1.29 is 9.59 Å². The number of rotatable bonds is 4. The van der Waals surface area contributed by atoms with E-state index in [9.17, 15) is 9.59 Å². The lowest BCUT2D eigenvalue weighted by atomic mass is 9.89. The maximum atomic E-state index is 12.9. The third kappa shape index (κ3) is 4.82. The molecule has 154 valence electrons. The van der Waals surface area contributed by atoms with Crippen LogP contribution in [0.4, 0.5) is 5.69 Å². The van der Waals surface area contributed by atoms with E-state index in [4.69, 9.17) is 0 Å². The van der Waals surface area contributed by atoms with Crippen LogP contribution in [-0.2, 0) is 9.59 Å². The van der Waals surface area contributed by atoms with Crippen molar-refractivity contribution in [2.45, 2.75) is 18.5 Å². The van der Waals surface area contributed by atoms with Crippen LogP contribution in [0.2, 0.25) is 0 Å². The molecule has 1 aromatic rings. The van der Waals surface area contributed by atoms with E-state index in [1.54, 1.807) is 0 Å². The molecule has 28 heavy (non-hydrogen) atoms. The first kappa shape index (κ1) is 21.0. The van der Waals surface area contributed by atoms with Crippen molar-refractivity contribution in [3.05, 3.63) is 30.3 Å². The number of para-hydroxylation sites is 1. The third-order valence-electron chi connectivity index (χ3n) is 5.76. The molecule has 0 spiro atoms. The molecule has 3 saturated heterocycles. The van der Waals surface area contributed by atoms with Gasteiger partial charge >= 0.3 is 0 Å². The fourth-order valence-corrected chi connectivity index (χ4v) is 4.21. The molecular weight excluding hydrogens is 380 g/mol. The quantitative estimate of drug-likeness (QED) is 0.544. The summed E-state index contributed by atoms with van der Waals surface area (Å²) in [6.45, 7) is 5.01. The van der Waals surface area contributed by atoms with Gasteiger partial charge in [0.2, 0.25) is 11.8 Å². The smallest absolute Gasteiger partial charge is 0.241 e. The largest absolute Gasteiger partial charge is 0.339 e. The summed E-state index contributed by atoms with van der Waals surface area (Å²) in [4.78, 5) is 29.2. The number of hydrazine groups is 1. The highest BCUT2D eigenvalue weighted by Gasteiger charge is 2.43. The average molecular weight is 409 g/mol.